The molecule has 140 valence electrons. The van der Waals surface area contributed by atoms with E-state index >= 15 is 0 Å². The van der Waals surface area contributed by atoms with E-state index in [-0.39, 0.29) is 23.6 Å². The van der Waals surface area contributed by atoms with Crippen molar-refractivity contribution < 1.29 is 9.32 Å². The van der Waals surface area contributed by atoms with Crippen LogP contribution in [0, 0.1) is 20.8 Å². The first-order chi connectivity index (χ1) is 12.9. The van der Waals surface area contributed by atoms with E-state index in [0.29, 0.717) is 23.8 Å². The fourth-order valence-corrected chi connectivity index (χ4v) is 2.91. The Kier molecular flexibility index (Phi) is 5.21. The van der Waals surface area contributed by atoms with E-state index in [1.54, 1.807) is 19.9 Å². The number of nitrogens with one attached hydrogen (secondary N) is 1. The van der Waals surface area contributed by atoms with Gasteiger partial charge in [0.1, 0.15) is 12.1 Å². The predicted octanol–water partition coefficient (Wildman–Crippen LogP) is 3.01. The molecule has 0 unspecified atom stereocenters. The van der Waals surface area contributed by atoms with Crippen LogP contribution in [0.15, 0.2) is 39.6 Å². The minimum atomic E-state index is -0.387. The highest BCUT2D eigenvalue weighted by molar-refractivity contribution is 5.95. The van der Waals surface area contributed by atoms with Crippen LogP contribution in [0.4, 0.5) is 0 Å². The number of nitrogens with zero attached hydrogens (tertiary/aromatic N) is 3. The van der Waals surface area contributed by atoms with Crippen molar-refractivity contribution in [1.29, 1.82) is 0 Å². The largest absolute Gasteiger partial charge is 0.337 e. The summed E-state index contributed by atoms with van der Waals surface area (Å²) < 4.78 is 5.31. The molecule has 1 amide bonds. The van der Waals surface area contributed by atoms with Gasteiger partial charge in [0.2, 0.25) is 11.7 Å². The quantitative estimate of drug-likeness (QED) is 0.749. The number of carbonyl (C=O) groups is 1. The van der Waals surface area contributed by atoms with E-state index < -0.39 is 0 Å². The van der Waals surface area contributed by atoms with Crippen LogP contribution in [0.2, 0.25) is 0 Å². The number of H-pyrrole nitrogens is 1. The number of amides is 1. The third kappa shape index (κ3) is 3.97. The number of aryl methyl sites for hydroxylation is 3. The lowest BCUT2D eigenvalue weighted by molar-refractivity contribution is 0.0732. The van der Waals surface area contributed by atoms with Crippen molar-refractivity contribution in [3.8, 4) is 11.4 Å². The van der Waals surface area contributed by atoms with Crippen LogP contribution < -0.4 is 5.56 Å². The van der Waals surface area contributed by atoms with Gasteiger partial charge in [0.15, 0.2) is 0 Å². The SMILES string of the molecule is CCN(Cc1nc(-c2ccc(C)cc2)no1)C(=O)c1c(C)cc(C)[nH]c1=O. The second-order valence-corrected chi connectivity index (χ2v) is 6.54. The van der Waals surface area contributed by atoms with Crippen LogP contribution in [0.5, 0.6) is 0 Å². The van der Waals surface area contributed by atoms with Gasteiger partial charge in [0.25, 0.3) is 11.5 Å². The van der Waals surface area contributed by atoms with Gasteiger partial charge >= 0.3 is 0 Å². The van der Waals surface area contributed by atoms with E-state index in [1.165, 1.54) is 4.90 Å². The lowest BCUT2D eigenvalue weighted by atomic mass is 10.1. The highest BCUT2D eigenvalue weighted by Crippen LogP contribution is 2.17. The number of aromatic amines is 1. The molecule has 0 aliphatic heterocycles. The molecular weight excluding hydrogens is 344 g/mol. The van der Waals surface area contributed by atoms with Crippen molar-refractivity contribution in [2.24, 2.45) is 0 Å². The Morgan fingerprint density at radius 3 is 2.52 bits per heavy atom. The summed E-state index contributed by atoms with van der Waals surface area (Å²) in [7, 11) is 0. The number of carbonyl (C=O) groups excluding carboxylic acids is 1. The molecule has 0 bridgehead atoms. The number of aromatic nitrogens is 3. The van der Waals surface area contributed by atoms with Crippen molar-refractivity contribution >= 4 is 5.91 Å². The van der Waals surface area contributed by atoms with Crippen LogP contribution in [-0.2, 0) is 6.54 Å². The van der Waals surface area contributed by atoms with Gasteiger partial charge in [0, 0.05) is 17.8 Å². The first kappa shape index (κ1) is 18.6. The number of pyridine rings is 1. The van der Waals surface area contributed by atoms with Crippen LogP contribution in [-0.4, -0.2) is 32.5 Å². The van der Waals surface area contributed by atoms with Gasteiger partial charge in [-0.1, -0.05) is 35.0 Å². The molecule has 1 aromatic carbocycles. The van der Waals surface area contributed by atoms with E-state index in [1.807, 2.05) is 38.1 Å². The molecule has 3 rings (SSSR count). The molecule has 0 aliphatic carbocycles. The van der Waals surface area contributed by atoms with Crippen LogP contribution in [0.25, 0.3) is 11.4 Å². The maximum absolute atomic E-state index is 12.9. The third-order valence-electron chi connectivity index (χ3n) is 4.35. The molecule has 0 aliphatic rings. The van der Waals surface area contributed by atoms with Gasteiger partial charge in [-0.3, -0.25) is 9.59 Å². The van der Waals surface area contributed by atoms with Crippen molar-refractivity contribution in [3.05, 3.63) is 69.0 Å². The zero-order valence-electron chi connectivity index (χ0n) is 15.9. The van der Waals surface area contributed by atoms with Gasteiger partial charge < -0.3 is 14.4 Å². The first-order valence-electron chi connectivity index (χ1n) is 8.78. The molecule has 2 heterocycles. The number of benzene rings is 1. The molecule has 0 saturated carbocycles. The maximum atomic E-state index is 12.9. The fraction of sp³-hybridized carbons (Fsp3) is 0.300. The monoisotopic (exact) mass is 366 g/mol. The average Bonchev–Trinajstić information content (AvgIpc) is 3.08. The van der Waals surface area contributed by atoms with Crippen molar-refractivity contribution in [2.75, 3.05) is 6.54 Å². The van der Waals surface area contributed by atoms with Crippen LogP contribution in [0.1, 0.15) is 40.0 Å². The van der Waals surface area contributed by atoms with Crippen molar-refractivity contribution in [1.82, 2.24) is 20.0 Å². The van der Waals surface area contributed by atoms with Gasteiger partial charge in [-0.2, -0.15) is 4.98 Å². The smallest absolute Gasteiger partial charge is 0.261 e. The second kappa shape index (κ2) is 7.57. The molecule has 7 nitrogen and oxygen atoms in total. The highest BCUT2D eigenvalue weighted by Gasteiger charge is 2.22. The standard InChI is InChI=1S/C20H22N4O3/c1-5-24(20(26)17-13(3)10-14(4)21-19(17)25)11-16-22-18(23-27-16)15-8-6-12(2)7-9-15/h6-10H,5,11H2,1-4H3,(H,21,25). The zero-order valence-corrected chi connectivity index (χ0v) is 15.9. The summed E-state index contributed by atoms with van der Waals surface area (Å²) in [6.07, 6.45) is 0. The molecule has 0 saturated heterocycles. The maximum Gasteiger partial charge on any atom is 0.261 e. The summed E-state index contributed by atoms with van der Waals surface area (Å²) in [6.45, 7) is 7.93. The molecule has 0 spiro atoms. The Bertz CT molecular complexity index is 1020. The molecule has 3 aromatic rings. The molecule has 0 atom stereocenters. The van der Waals surface area contributed by atoms with E-state index in [4.69, 9.17) is 4.52 Å². The molecular formula is C20H22N4O3. The first-order valence-corrected chi connectivity index (χ1v) is 8.78. The molecule has 0 fully saturated rings. The van der Waals surface area contributed by atoms with E-state index in [9.17, 15) is 9.59 Å². The minimum Gasteiger partial charge on any atom is -0.337 e. The molecule has 27 heavy (non-hydrogen) atoms. The van der Waals surface area contributed by atoms with Crippen molar-refractivity contribution in [3.63, 3.8) is 0 Å². The number of hydrogen-bond donors (Lipinski definition) is 1. The molecule has 1 N–H and O–H groups in total. The third-order valence-corrected chi connectivity index (χ3v) is 4.35. The average molecular weight is 366 g/mol. The highest BCUT2D eigenvalue weighted by atomic mass is 16.5. The summed E-state index contributed by atoms with van der Waals surface area (Å²) >= 11 is 0. The molecule has 7 heteroatoms. The normalized spacial score (nSPS) is 10.8. The summed E-state index contributed by atoms with van der Waals surface area (Å²) in [5.41, 5.74) is 3.10. The molecule has 2 aromatic heterocycles. The van der Waals surface area contributed by atoms with Gasteiger partial charge in [-0.15, -0.1) is 0 Å². The second-order valence-electron chi connectivity index (χ2n) is 6.54. The predicted molar refractivity (Wildman–Crippen MR) is 101 cm³/mol. The summed E-state index contributed by atoms with van der Waals surface area (Å²) in [6, 6.07) is 9.56. The Morgan fingerprint density at radius 2 is 1.89 bits per heavy atom. The summed E-state index contributed by atoms with van der Waals surface area (Å²) in [5.74, 6) is 0.436. The Hall–Kier alpha value is -3.22. The van der Waals surface area contributed by atoms with Gasteiger partial charge in [0.05, 0.1) is 0 Å². The minimum absolute atomic E-state index is 0.140. The Morgan fingerprint density at radius 1 is 1.19 bits per heavy atom. The fourth-order valence-electron chi connectivity index (χ4n) is 2.91. The number of rotatable bonds is 5. The van der Waals surface area contributed by atoms with E-state index in [2.05, 4.69) is 15.1 Å². The zero-order chi connectivity index (χ0) is 19.6. The van der Waals surface area contributed by atoms with Gasteiger partial charge in [-0.25, -0.2) is 0 Å². The van der Waals surface area contributed by atoms with Gasteiger partial charge in [-0.05, 0) is 39.3 Å². The molecule has 0 radical (unpaired) electrons. The summed E-state index contributed by atoms with van der Waals surface area (Å²) in [4.78, 5) is 33.7. The summed E-state index contributed by atoms with van der Waals surface area (Å²) in [5, 5.41) is 3.99. The van der Waals surface area contributed by atoms with Crippen LogP contribution >= 0.6 is 0 Å². The van der Waals surface area contributed by atoms with E-state index in [0.717, 1.165) is 16.8 Å². The lowest BCUT2D eigenvalue weighted by Crippen LogP contribution is -2.35. The topological polar surface area (TPSA) is 92.1 Å². The Labute approximate surface area is 157 Å². The number of hydrogen-bond acceptors (Lipinski definition) is 5. The lowest BCUT2D eigenvalue weighted by Gasteiger charge is -2.19. The van der Waals surface area contributed by atoms with Crippen LogP contribution in [0.3, 0.4) is 0 Å². The van der Waals surface area contributed by atoms with Crippen molar-refractivity contribution in [2.45, 2.75) is 34.2 Å². The Balaban J connectivity index is 1.83.